The molecule has 4 nitrogen and oxygen atoms in total. The summed E-state index contributed by atoms with van der Waals surface area (Å²) in [7, 11) is 1.55. The molecule has 2 rings (SSSR count). The number of nitrogens with zero attached hydrogens (tertiary/aromatic N) is 2. The van der Waals surface area contributed by atoms with Crippen LogP contribution in [0, 0.1) is 11.3 Å². The summed E-state index contributed by atoms with van der Waals surface area (Å²) in [6.07, 6.45) is 1.52. The lowest BCUT2D eigenvalue weighted by Crippen LogP contribution is -2.04. The number of pyridine rings is 1. The van der Waals surface area contributed by atoms with E-state index in [0.29, 0.717) is 27.7 Å². The Morgan fingerprint density at radius 2 is 2.16 bits per heavy atom. The highest BCUT2D eigenvalue weighted by Gasteiger charge is 2.19. The molecule has 1 atom stereocenters. The monoisotopic (exact) mass is 273 g/mol. The van der Waals surface area contributed by atoms with Crippen LogP contribution in [0.25, 0.3) is 0 Å². The molecule has 0 radical (unpaired) electrons. The van der Waals surface area contributed by atoms with Crippen molar-refractivity contribution in [3.63, 3.8) is 0 Å². The van der Waals surface area contributed by atoms with Crippen LogP contribution in [0.4, 0.5) is 5.69 Å². The van der Waals surface area contributed by atoms with E-state index in [4.69, 9.17) is 22.1 Å². The van der Waals surface area contributed by atoms with Crippen molar-refractivity contribution in [2.75, 3.05) is 12.8 Å². The van der Waals surface area contributed by atoms with Gasteiger partial charge in [-0.15, -0.1) is 0 Å². The number of methoxy groups -OCH3 is 1. The van der Waals surface area contributed by atoms with Crippen LogP contribution < -0.4 is 10.5 Å². The number of nitrogens with two attached hydrogens (primary N) is 1. The van der Waals surface area contributed by atoms with Crippen molar-refractivity contribution >= 4 is 17.3 Å². The van der Waals surface area contributed by atoms with Crippen LogP contribution >= 0.6 is 11.6 Å². The SMILES string of the molecule is COc1ccc(Cl)cc1C(C#N)c1ccc(N)cn1. The van der Waals surface area contributed by atoms with Crippen molar-refractivity contribution in [2.45, 2.75) is 5.92 Å². The second kappa shape index (κ2) is 5.59. The minimum absolute atomic E-state index is 0.547. The van der Waals surface area contributed by atoms with Gasteiger partial charge >= 0.3 is 0 Å². The first-order chi connectivity index (χ1) is 9.15. The molecule has 19 heavy (non-hydrogen) atoms. The molecule has 5 heteroatoms. The van der Waals surface area contributed by atoms with E-state index in [2.05, 4.69) is 11.1 Å². The van der Waals surface area contributed by atoms with Crippen LogP contribution in [0.5, 0.6) is 5.75 Å². The highest BCUT2D eigenvalue weighted by Crippen LogP contribution is 2.32. The number of nitrogen functional groups attached to an aromatic ring is 1. The molecule has 0 aliphatic carbocycles. The Hall–Kier alpha value is -2.25. The fraction of sp³-hybridized carbons (Fsp3) is 0.143. The van der Waals surface area contributed by atoms with E-state index < -0.39 is 5.92 Å². The van der Waals surface area contributed by atoms with Crippen LogP contribution in [0.1, 0.15) is 17.2 Å². The molecule has 0 spiro atoms. The maximum absolute atomic E-state index is 9.39. The highest BCUT2D eigenvalue weighted by atomic mass is 35.5. The van der Waals surface area contributed by atoms with Gasteiger partial charge in [-0.05, 0) is 30.3 Å². The normalized spacial score (nSPS) is 11.6. The number of hydrogen-bond acceptors (Lipinski definition) is 4. The molecule has 1 aromatic heterocycles. The number of anilines is 1. The summed E-state index contributed by atoms with van der Waals surface area (Å²) in [6.45, 7) is 0. The van der Waals surface area contributed by atoms with E-state index in [1.165, 1.54) is 6.20 Å². The van der Waals surface area contributed by atoms with Gasteiger partial charge in [0.25, 0.3) is 0 Å². The van der Waals surface area contributed by atoms with Gasteiger partial charge < -0.3 is 10.5 Å². The third kappa shape index (κ3) is 2.78. The van der Waals surface area contributed by atoms with E-state index in [0.717, 1.165) is 0 Å². The number of ether oxygens (including phenoxy) is 1. The molecule has 0 bridgehead atoms. The molecule has 0 amide bonds. The molecule has 0 aliphatic heterocycles. The molecular weight excluding hydrogens is 262 g/mol. The summed E-state index contributed by atoms with van der Waals surface area (Å²) < 4.78 is 5.27. The van der Waals surface area contributed by atoms with Crippen LogP contribution in [-0.2, 0) is 0 Å². The minimum Gasteiger partial charge on any atom is -0.496 e. The number of nitriles is 1. The van der Waals surface area contributed by atoms with Gasteiger partial charge in [-0.3, -0.25) is 4.98 Å². The van der Waals surface area contributed by atoms with Crippen molar-refractivity contribution < 1.29 is 4.74 Å². The Morgan fingerprint density at radius 3 is 2.74 bits per heavy atom. The van der Waals surface area contributed by atoms with Gasteiger partial charge in [0.1, 0.15) is 11.7 Å². The van der Waals surface area contributed by atoms with Gasteiger partial charge in [-0.25, -0.2) is 0 Å². The van der Waals surface area contributed by atoms with Gasteiger partial charge in [0, 0.05) is 10.6 Å². The van der Waals surface area contributed by atoms with Crippen LogP contribution in [0.15, 0.2) is 36.5 Å². The lowest BCUT2D eigenvalue weighted by atomic mass is 9.95. The molecule has 0 aliphatic rings. The maximum atomic E-state index is 9.39. The second-order valence-corrected chi connectivity index (χ2v) is 4.40. The van der Waals surface area contributed by atoms with Crippen molar-refractivity contribution in [3.8, 4) is 11.8 Å². The van der Waals surface area contributed by atoms with Gasteiger partial charge in [-0.2, -0.15) is 5.26 Å². The number of halogens is 1. The second-order valence-electron chi connectivity index (χ2n) is 3.96. The topological polar surface area (TPSA) is 71.9 Å². The van der Waals surface area contributed by atoms with E-state index in [-0.39, 0.29) is 0 Å². The van der Waals surface area contributed by atoms with Crippen molar-refractivity contribution in [2.24, 2.45) is 0 Å². The van der Waals surface area contributed by atoms with Gasteiger partial charge in [0.2, 0.25) is 0 Å². The summed E-state index contributed by atoms with van der Waals surface area (Å²) in [5.41, 5.74) is 7.45. The Labute approximate surface area is 116 Å². The third-order valence-corrected chi connectivity index (χ3v) is 2.97. The van der Waals surface area contributed by atoms with Crippen LogP contribution in [-0.4, -0.2) is 12.1 Å². The molecule has 1 heterocycles. The average Bonchev–Trinajstić information content (AvgIpc) is 2.42. The summed E-state index contributed by atoms with van der Waals surface area (Å²) >= 11 is 5.98. The van der Waals surface area contributed by atoms with E-state index in [9.17, 15) is 5.26 Å². The first kappa shape index (κ1) is 13.2. The molecule has 96 valence electrons. The quantitative estimate of drug-likeness (QED) is 0.933. The summed E-state index contributed by atoms with van der Waals surface area (Å²) in [4.78, 5) is 4.18. The van der Waals surface area contributed by atoms with Crippen LogP contribution in [0.3, 0.4) is 0 Å². The van der Waals surface area contributed by atoms with E-state index >= 15 is 0 Å². The lowest BCUT2D eigenvalue weighted by molar-refractivity contribution is 0.409. The van der Waals surface area contributed by atoms with E-state index in [1.54, 1.807) is 37.4 Å². The maximum Gasteiger partial charge on any atom is 0.123 e. The Bertz CT molecular complexity index is 620. The number of aromatic nitrogens is 1. The van der Waals surface area contributed by atoms with Gasteiger partial charge in [-0.1, -0.05) is 11.6 Å². The largest absolute Gasteiger partial charge is 0.496 e. The molecular formula is C14H12ClN3O. The fourth-order valence-corrected chi connectivity index (χ4v) is 1.99. The highest BCUT2D eigenvalue weighted by molar-refractivity contribution is 6.30. The van der Waals surface area contributed by atoms with Gasteiger partial charge in [0.15, 0.2) is 0 Å². The molecule has 0 fully saturated rings. The zero-order chi connectivity index (χ0) is 13.8. The predicted molar refractivity (Wildman–Crippen MR) is 74.1 cm³/mol. The van der Waals surface area contributed by atoms with Crippen LogP contribution in [0.2, 0.25) is 5.02 Å². The van der Waals surface area contributed by atoms with Gasteiger partial charge in [0.05, 0.1) is 30.8 Å². The first-order valence-electron chi connectivity index (χ1n) is 5.60. The zero-order valence-electron chi connectivity index (χ0n) is 10.3. The van der Waals surface area contributed by atoms with Crippen molar-refractivity contribution in [1.29, 1.82) is 5.26 Å². The van der Waals surface area contributed by atoms with Crippen molar-refractivity contribution in [3.05, 3.63) is 52.8 Å². The third-order valence-electron chi connectivity index (χ3n) is 2.74. The zero-order valence-corrected chi connectivity index (χ0v) is 11.1. The minimum atomic E-state index is -0.547. The van der Waals surface area contributed by atoms with E-state index in [1.807, 2.05) is 0 Å². The standard InChI is InChI=1S/C14H12ClN3O/c1-19-14-5-2-9(15)6-11(14)12(7-16)13-4-3-10(17)8-18-13/h2-6,8,12H,17H2,1H3. The Balaban J connectivity index is 2.51. The molecule has 0 saturated carbocycles. The molecule has 1 aromatic carbocycles. The molecule has 2 aromatic rings. The molecule has 0 saturated heterocycles. The Morgan fingerprint density at radius 1 is 1.37 bits per heavy atom. The Kier molecular flexibility index (Phi) is 3.88. The summed E-state index contributed by atoms with van der Waals surface area (Å²) in [5.74, 6) is 0.0591. The number of rotatable bonds is 3. The lowest BCUT2D eigenvalue weighted by Gasteiger charge is -2.13. The van der Waals surface area contributed by atoms with Crippen molar-refractivity contribution in [1.82, 2.24) is 4.98 Å². The molecule has 2 N–H and O–H groups in total. The first-order valence-corrected chi connectivity index (χ1v) is 5.98. The fourth-order valence-electron chi connectivity index (χ4n) is 1.81. The smallest absolute Gasteiger partial charge is 0.123 e. The number of benzene rings is 1. The predicted octanol–water partition coefficient (Wildman–Crippen LogP) is 2.98. The molecule has 1 unspecified atom stereocenters. The summed E-state index contributed by atoms with van der Waals surface area (Å²) in [5, 5.41) is 9.94. The number of hydrogen-bond donors (Lipinski definition) is 1. The summed E-state index contributed by atoms with van der Waals surface area (Å²) in [6, 6.07) is 10.8. The average molecular weight is 274 g/mol.